The summed E-state index contributed by atoms with van der Waals surface area (Å²) in [6, 6.07) is 9.41. The van der Waals surface area contributed by atoms with E-state index in [2.05, 4.69) is 4.98 Å². The van der Waals surface area contributed by atoms with Crippen LogP contribution in [-0.4, -0.2) is 49.3 Å². The number of amides is 1. The predicted molar refractivity (Wildman–Crippen MR) is 155 cm³/mol. The van der Waals surface area contributed by atoms with Gasteiger partial charge in [-0.15, -0.1) is 0 Å². The molecule has 1 aromatic heterocycles. The zero-order chi connectivity index (χ0) is 33.5. The summed E-state index contributed by atoms with van der Waals surface area (Å²) >= 11 is 0. The fourth-order valence-corrected chi connectivity index (χ4v) is 5.43. The standard InChI is InChI=1S/C32H32F7N3O3/c1-18-8-6-7-9-25(18)26-14-28(42-16-23(33)13-24(42)17-45-19(2)43)40-15-27(26)41(5)29(44)30(3,4)20-10-21(31(34,35)36)12-22(11-20)32(37,38)39/h6-12,14-15,23-24H,13,16-17H2,1-5H3/t23-,24-/m0/s1. The molecule has 13 heteroatoms. The van der Waals surface area contributed by atoms with Crippen molar-refractivity contribution < 1.29 is 45.1 Å². The highest BCUT2D eigenvalue weighted by atomic mass is 19.4. The largest absolute Gasteiger partial charge is 0.464 e. The molecule has 0 radical (unpaired) electrons. The Kier molecular flexibility index (Phi) is 9.24. The summed E-state index contributed by atoms with van der Waals surface area (Å²) in [7, 11) is 1.36. The molecule has 0 unspecified atom stereocenters. The van der Waals surface area contributed by atoms with Crippen molar-refractivity contribution in [1.82, 2.24) is 4.98 Å². The van der Waals surface area contributed by atoms with Crippen molar-refractivity contribution in [2.45, 2.75) is 64.1 Å². The van der Waals surface area contributed by atoms with Crippen molar-refractivity contribution >= 4 is 23.4 Å². The molecule has 2 atom stereocenters. The minimum atomic E-state index is -5.08. The molecule has 242 valence electrons. The molecule has 3 aromatic rings. The number of halogens is 7. The maximum atomic E-state index is 14.5. The molecule has 6 nitrogen and oxygen atoms in total. The highest BCUT2D eigenvalue weighted by Crippen LogP contribution is 2.41. The number of benzene rings is 2. The van der Waals surface area contributed by atoms with Gasteiger partial charge in [0.15, 0.2) is 0 Å². The van der Waals surface area contributed by atoms with E-state index in [9.17, 15) is 40.3 Å². The first-order valence-corrected chi connectivity index (χ1v) is 14.0. The van der Waals surface area contributed by atoms with Crippen molar-refractivity contribution in [2.24, 2.45) is 0 Å². The van der Waals surface area contributed by atoms with Crippen LogP contribution in [0.4, 0.5) is 42.2 Å². The molecule has 1 aliphatic rings. The normalized spacial score (nSPS) is 17.4. The summed E-state index contributed by atoms with van der Waals surface area (Å²) in [5, 5.41) is 0. The second kappa shape index (κ2) is 12.3. The topological polar surface area (TPSA) is 62.7 Å². The van der Waals surface area contributed by atoms with Crippen LogP contribution in [0.2, 0.25) is 0 Å². The van der Waals surface area contributed by atoms with E-state index in [4.69, 9.17) is 4.74 Å². The van der Waals surface area contributed by atoms with Crippen molar-refractivity contribution in [3.63, 3.8) is 0 Å². The van der Waals surface area contributed by atoms with E-state index in [0.717, 1.165) is 10.5 Å². The van der Waals surface area contributed by atoms with E-state index in [1.807, 2.05) is 13.0 Å². The number of ether oxygens (including phenoxy) is 1. The second-order valence-corrected chi connectivity index (χ2v) is 11.6. The number of alkyl halides is 7. The van der Waals surface area contributed by atoms with Crippen LogP contribution < -0.4 is 9.80 Å². The number of pyridine rings is 1. The molecule has 0 N–H and O–H groups in total. The van der Waals surface area contributed by atoms with Crippen LogP contribution in [0.25, 0.3) is 11.1 Å². The zero-order valence-corrected chi connectivity index (χ0v) is 25.2. The van der Waals surface area contributed by atoms with E-state index in [1.165, 1.54) is 34.0 Å². The molecule has 1 aliphatic heterocycles. The van der Waals surface area contributed by atoms with E-state index >= 15 is 0 Å². The minimum absolute atomic E-state index is 0.0156. The van der Waals surface area contributed by atoms with Crippen molar-refractivity contribution in [3.8, 4) is 11.1 Å². The van der Waals surface area contributed by atoms with Gasteiger partial charge >= 0.3 is 18.3 Å². The first-order chi connectivity index (χ1) is 20.8. The van der Waals surface area contributed by atoms with Gasteiger partial charge in [-0.3, -0.25) is 9.59 Å². The number of likely N-dealkylation sites (N-methyl/N-ethyl adjacent to an activating group) is 1. The van der Waals surface area contributed by atoms with Crippen LogP contribution in [0.1, 0.15) is 49.4 Å². The lowest BCUT2D eigenvalue weighted by molar-refractivity contribution is -0.144. The Labute approximate surface area is 255 Å². The number of rotatable bonds is 7. The van der Waals surface area contributed by atoms with Crippen LogP contribution >= 0.6 is 0 Å². The highest BCUT2D eigenvalue weighted by molar-refractivity contribution is 6.03. The van der Waals surface area contributed by atoms with Crippen molar-refractivity contribution in [2.75, 3.05) is 30.0 Å². The van der Waals surface area contributed by atoms with Crippen LogP contribution in [0.15, 0.2) is 54.7 Å². The minimum Gasteiger partial charge on any atom is -0.464 e. The molecular weight excluding hydrogens is 607 g/mol. The number of hydrogen-bond donors (Lipinski definition) is 0. The first kappa shape index (κ1) is 33.7. The monoisotopic (exact) mass is 639 g/mol. The van der Waals surface area contributed by atoms with Gasteiger partial charge in [0.1, 0.15) is 18.6 Å². The molecule has 45 heavy (non-hydrogen) atoms. The molecule has 0 bridgehead atoms. The smallest absolute Gasteiger partial charge is 0.416 e. The molecule has 2 heterocycles. The summed E-state index contributed by atoms with van der Waals surface area (Å²) in [4.78, 5) is 32.6. The van der Waals surface area contributed by atoms with E-state index in [0.29, 0.717) is 29.1 Å². The van der Waals surface area contributed by atoms with Gasteiger partial charge in [-0.25, -0.2) is 9.37 Å². The first-order valence-electron chi connectivity index (χ1n) is 14.0. The second-order valence-electron chi connectivity index (χ2n) is 11.6. The number of hydrogen-bond acceptors (Lipinski definition) is 5. The van der Waals surface area contributed by atoms with Gasteiger partial charge in [0.25, 0.3) is 0 Å². The Morgan fingerprint density at radius 3 is 2.09 bits per heavy atom. The van der Waals surface area contributed by atoms with Gasteiger partial charge in [0.05, 0.1) is 41.0 Å². The Morgan fingerprint density at radius 1 is 0.956 bits per heavy atom. The molecule has 0 saturated carbocycles. The summed E-state index contributed by atoms with van der Waals surface area (Å²) in [5.74, 6) is -0.980. The Hall–Kier alpha value is -4.16. The number of esters is 1. The fourth-order valence-electron chi connectivity index (χ4n) is 5.43. The summed E-state index contributed by atoms with van der Waals surface area (Å²) in [5.41, 5.74) is -3.21. The number of aryl methyl sites for hydroxylation is 1. The molecule has 2 aromatic carbocycles. The Morgan fingerprint density at radius 2 is 1.53 bits per heavy atom. The summed E-state index contributed by atoms with van der Waals surface area (Å²) < 4.78 is 101. The van der Waals surface area contributed by atoms with Gasteiger partial charge in [-0.2, -0.15) is 26.3 Å². The van der Waals surface area contributed by atoms with Crippen LogP contribution in [0.5, 0.6) is 0 Å². The maximum absolute atomic E-state index is 14.5. The third-order valence-electron chi connectivity index (χ3n) is 7.95. The average Bonchev–Trinajstić information content (AvgIpc) is 3.34. The number of aromatic nitrogens is 1. The number of nitrogens with zero attached hydrogens (tertiary/aromatic N) is 3. The lowest BCUT2D eigenvalue weighted by Gasteiger charge is -2.32. The zero-order valence-electron chi connectivity index (χ0n) is 25.2. The summed E-state index contributed by atoms with van der Waals surface area (Å²) in [6.07, 6.45) is -9.93. The molecule has 1 fully saturated rings. The molecular formula is C32H32F7N3O3. The highest BCUT2D eigenvalue weighted by Gasteiger charge is 2.41. The van der Waals surface area contributed by atoms with Crippen LogP contribution in [0.3, 0.4) is 0 Å². The number of anilines is 2. The quantitative estimate of drug-likeness (QED) is 0.198. The average molecular weight is 640 g/mol. The molecule has 0 spiro atoms. The van der Waals surface area contributed by atoms with Crippen LogP contribution in [-0.2, 0) is 32.1 Å². The van der Waals surface area contributed by atoms with E-state index in [-0.39, 0.29) is 31.3 Å². The molecule has 4 rings (SSSR count). The van der Waals surface area contributed by atoms with E-state index < -0.39 is 58.5 Å². The molecule has 1 amide bonds. The van der Waals surface area contributed by atoms with Gasteiger partial charge in [0, 0.05) is 26.0 Å². The predicted octanol–water partition coefficient (Wildman–Crippen LogP) is 7.52. The SMILES string of the molecule is CC(=O)OC[C@@H]1C[C@H](F)CN1c1cc(-c2ccccc2C)c(N(C)C(=O)C(C)(C)c2cc(C(F)(F)F)cc(C(F)(F)F)c2)cn1. The summed E-state index contributed by atoms with van der Waals surface area (Å²) in [6.45, 7) is 5.48. The van der Waals surface area contributed by atoms with Gasteiger partial charge in [-0.05, 0) is 61.7 Å². The van der Waals surface area contributed by atoms with Gasteiger partial charge in [0.2, 0.25) is 5.91 Å². The number of carbonyl (C=O) groups is 2. The number of carbonyl (C=O) groups excluding carboxylic acids is 2. The van der Waals surface area contributed by atoms with Gasteiger partial charge < -0.3 is 14.5 Å². The van der Waals surface area contributed by atoms with E-state index in [1.54, 1.807) is 29.2 Å². The van der Waals surface area contributed by atoms with Crippen molar-refractivity contribution in [1.29, 1.82) is 0 Å². The third-order valence-corrected chi connectivity index (χ3v) is 7.95. The lowest BCUT2D eigenvalue weighted by atomic mass is 9.81. The molecule has 1 saturated heterocycles. The maximum Gasteiger partial charge on any atom is 0.416 e. The van der Waals surface area contributed by atoms with Crippen molar-refractivity contribution in [3.05, 3.63) is 77.0 Å². The van der Waals surface area contributed by atoms with Crippen LogP contribution in [0, 0.1) is 6.92 Å². The fraction of sp³-hybridized carbons (Fsp3) is 0.406. The van der Waals surface area contributed by atoms with Gasteiger partial charge in [-0.1, -0.05) is 24.3 Å². The Balaban J connectivity index is 1.80. The molecule has 0 aliphatic carbocycles. The lowest BCUT2D eigenvalue weighted by Crippen LogP contribution is -2.42. The third kappa shape index (κ3) is 7.23. The Bertz CT molecular complexity index is 1550.